The van der Waals surface area contributed by atoms with Crippen LogP contribution < -0.4 is 0 Å². The number of rotatable bonds is 1. The smallest absolute Gasteiger partial charge is 0 e. The van der Waals surface area contributed by atoms with Crippen molar-refractivity contribution in [3.8, 4) is 0 Å². The van der Waals surface area contributed by atoms with Crippen LogP contribution in [0.15, 0.2) is 42.5 Å². The second kappa shape index (κ2) is 13.8. The van der Waals surface area contributed by atoms with Crippen molar-refractivity contribution in [2.45, 2.75) is 19.8 Å². The first kappa shape index (κ1) is 21.6. The zero-order valence-electron chi connectivity index (χ0n) is 14.2. The molecule has 1 aromatic carbocycles. The summed E-state index contributed by atoms with van der Waals surface area (Å²) >= 11 is 0. The Bertz CT molecular complexity index is 465. The third kappa shape index (κ3) is 8.11. The monoisotopic (exact) mass is 390 g/mol. The van der Waals surface area contributed by atoms with Gasteiger partial charge in [-0.3, -0.25) is 0 Å². The minimum Gasteiger partial charge on any atom is -0.0871 e. The zero-order valence-corrected chi connectivity index (χ0v) is 16.7. The molecule has 0 nitrogen and oxygen atoms in total. The Morgan fingerprint density at radius 3 is 1.75 bits per heavy atom. The number of aryl methyl sites for hydroxylation is 1. The summed E-state index contributed by atoms with van der Waals surface area (Å²) in [6.45, 7) is 2.07. The van der Waals surface area contributed by atoms with Gasteiger partial charge in [-0.05, 0) is 101 Å². The minimum absolute atomic E-state index is 0. The molecule has 0 amide bonds. The standard InChI is InChI=1S/C13H14.2C5H5.Zr/c1-2-6-11-8-5-9-12-7-3-4-10-13(11)12;2*1-2-4-5-3-1;/h2-4,6-8,10H,5,9H2,1H3;2*1-5H;/b6-2+;;;. The molecule has 120 valence electrons. The van der Waals surface area contributed by atoms with Gasteiger partial charge in [0.05, 0.1) is 0 Å². The molecular weight excluding hydrogens is 367 g/mol. The summed E-state index contributed by atoms with van der Waals surface area (Å²) in [5.74, 6) is 0. The summed E-state index contributed by atoms with van der Waals surface area (Å²) in [5, 5.41) is 0. The van der Waals surface area contributed by atoms with E-state index in [1.807, 2.05) is 64.2 Å². The summed E-state index contributed by atoms with van der Waals surface area (Å²) in [6, 6.07) is 8.67. The first-order valence-electron chi connectivity index (χ1n) is 8.16. The molecule has 0 heterocycles. The molecule has 1 aromatic rings. The van der Waals surface area contributed by atoms with Crippen molar-refractivity contribution < 1.29 is 26.2 Å². The van der Waals surface area contributed by atoms with Gasteiger partial charge in [0, 0.05) is 26.2 Å². The molecule has 2 saturated carbocycles. The van der Waals surface area contributed by atoms with E-state index in [0.717, 1.165) is 0 Å². The first-order chi connectivity index (χ1) is 11.4. The molecule has 2 fully saturated rings. The number of fused-ring (bicyclic) bond motifs is 1. The quantitative estimate of drug-likeness (QED) is 0.582. The van der Waals surface area contributed by atoms with E-state index in [2.05, 4.69) is 49.4 Å². The maximum atomic E-state index is 2.32. The topological polar surface area (TPSA) is 0 Å². The van der Waals surface area contributed by atoms with Crippen LogP contribution in [0.3, 0.4) is 0 Å². The molecule has 0 saturated heterocycles. The van der Waals surface area contributed by atoms with Crippen LogP contribution in [0.1, 0.15) is 24.5 Å². The largest absolute Gasteiger partial charge is 0.0871 e. The molecule has 24 heavy (non-hydrogen) atoms. The van der Waals surface area contributed by atoms with Gasteiger partial charge in [-0.2, -0.15) is 0 Å². The third-order valence-electron chi connectivity index (χ3n) is 3.56. The fraction of sp³-hybridized carbons (Fsp3) is 0.130. The summed E-state index contributed by atoms with van der Waals surface area (Å²) in [6.07, 6.45) is 29.0. The van der Waals surface area contributed by atoms with Crippen LogP contribution >= 0.6 is 0 Å². The van der Waals surface area contributed by atoms with E-state index in [9.17, 15) is 0 Å². The Labute approximate surface area is 168 Å². The maximum Gasteiger partial charge on any atom is 0 e. The Hall–Kier alpha value is -0.417. The zero-order chi connectivity index (χ0) is 16.2. The molecule has 10 radical (unpaired) electrons. The SMILES string of the molecule is C/C=C/C1=CCCc2ccccc21.[CH]1[CH][CH][CH][CH]1.[CH]1[CH][CH][CH][CH]1.[Zr]. The number of benzene rings is 1. The summed E-state index contributed by atoms with van der Waals surface area (Å²) < 4.78 is 0. The van der Waals surface area contributed by atoms with Crippen molar-refractivity contribution in [2.24, 2.45) is 0 Å². The van der Waals surface area contributed by atoms with Crippen LogP contribution in [0.5, 0.6) is 0 Å². The number of hydrogen-bond donors (Lipinski definition) is 0. The van der Waals surface area contributed by atoms with Crippen LogP contribution in [0.2, 0.25) is 0 Å². The second-order valence-corrected chi connectivity index (χ2v) is 5.28. The Balaban J connectivity index is 0.000000216. The van der Waals surface area contributed by atoms with Crippen molar-refractivity contribution >= 4 is 5.57 Å². The van der Waals surface area contributed by atoms with Crippen molar-refractivity contribution in [1.82, 2.24) is 0 Å². The Kier molecular flexibility index (Phi) is 12.5. The molecule has 0 unspecified atom stereocenters. The molecule has 3 aliphatic rings. The van der Waals surface area contributed by atoms with Gasteiger partial charge in [-0.15, -0.1) is 0 Å². The molecule has 0 atom stereocenters. The molecule has 0 N–H and O–H groups in total. The van der Waals surface area contributed by atoms with E-state index in [0.29, 0.717) is 0 Å². The van der Waals surface area contributed by atoms with E-state index in [1.165, 1.54) is 29.5 Å². The van der Waals surface area contributed by atoms with Crippen molar-refractivity contribution in [2.75, 3.05) is 0 Å². The van der Waals surface area contributed by atoms with Crippen LogP contribution in [0.4, 0.5) is 0 Å². The molecule has 3 aliphatic carbocycles. The van der Waals surface area contributed by atoms with E-state index in [-0.39, 0.29) is 26.2 Å². The average Bonchev–Trinajstić information content (AvgIpc) is 3.34. The van der Waals surface area contributed by atoms with E-state index < -0.39 is 0 Å². The van der Waals surface area contributed by atoms with Gasteiger partial charge in [0.15, 0.2) is 0 Å². The van der Waals surface area contributed by atoms with Gasteiger partial charge in [0.2, 0.25) is 0 Å². The molecular formula is C23H24Zr. The molecule has 0 spiro atoms. The van der Waals surface area contributed by atoms with E-state index >= 15 is 0 Å². The second-order valence-electron chi connectivity index (χ2n) is 5.28. The molecule has 0 bridgehead atoms. The predicted molar refractivity (Wildman–Crippen MR) is 101 cm³/mol. The summed E-state index contributed by atoms with van der Waals surface area (Å²) in [4.78, 5) is 0. The Morgan fingerprint density at radius 1 is 0.750 bits per heavy atom. The van der Waals surface area contributed by atoms with Gasteiger partial charge in [-0.1, -0.05) is 42.5 Å². The summed E-state index contributed by atoms with van der Waals surface area (Å²) in [5.41, 5.74) is 4.27. The molecule has 0 aromatic heterocycles. The number of hydrogen-bond acceptors (Lipinski definition) is 0. The van der Waals surface area contributed by atoms with E-state index in [1.54, 1.807) is 0 Å². The van der Waals surface area contributed by atoms with Crippen LogP contribution in [-0.2, 0) is 32.6 Å². The average molecular weight is 392 g/mol. The third-order valence-corrected chi connectivity index (χ3v) is 3.56. The fourth-order valence-electron chi connectivity index (χ4n) is 2.49. The van der Waals surface area contributed by atoms with Crippen molar-refractivity contribution in [3.05, 3.63) is 118 Å². The minimum atomic E-state index is 0. The van der Waals surface area contributed by atoms with Gasteiger partial charge >= 0.3 is 0 Å². The van der Waals surface area contributed by atoms with Gasteiger partial charge < -0.3 is 0 Å². The molecule has 1 heteroatoms. The Morgan fingerprint density at radius 2 is 1.25 bits per heavy atom. The number of allylic oxidation sites excluding steroid dienone is 4. The first-order valence-corrected chi connectivity index (χ1v) is 8.16. The molecule has 0 aliphatic heterocycles. The van der Waals surface area contributed by atoms with Gasteiger partial charge in [0.25, 0.3) is 0 Å². The fourth-order valence-corrected chi connectivity index (χ4v) is 2.49. The van der Waals surface area contributed by atoms with Crippen LogP contribution in [0, 0.1) is 64.2 Å². The normalized spacial score (nSPS) is 18.5. The molecule has 4 rings (SSSR count). The maximum absolute atomic E-state index is 2.32. The van der Waals surface area contributed by atoms with Crippen molar-refractivity contribution in [1.29, 1.82) is 0 Å². The van der Waals surface area contributed by atoms with Crippen LogP contribution in [-0.4, -0.2) is 0 Å². The summed E-state index contributed by atoms with van der Waals surface area (Å²) in [7, 11) is 0. The van der Waals surface area contributed by atoms with Gasteiger partial charge in [0.1, 0.15) is 0 Å². The van der Waals surface area contributed by atoms with Crippen LogP contribution in [0.25, 0.3) is 5.57 Å². The van der Waals surface area contributed by atoms with Crippen molar-refractivity contribution in [3.63, 3.8) is 0 Å². The van der Waals surface area contributed by atoms with E-state index in [4.69, 9.17) is 0 Å². The predicted octanol–water partition coefficient (Wildman–Crippen LogP) is 5.63. The van der Waals surface area contributed by atoms with Gasteiger partial charge in [-0.25, -0.2) is 0 Å².